The molecule has 2 heterocycles. The molecular formula is C15H16F2N2O3S. The Balaban J connectivity index is 2.75. The van der Waals surface area contributed by atoms with Gasteiger partial charge >= 0.3 is 5.97 Å². The number of alkyl halides is 1. The number of ether oxygens (including phenoxy) is 1. The van der Waals surface area contributed by atoms with Crippen LogP contribution in [-0.4, -0.2) is 34.6 Å². The first-order chi connectivity index (χ1) is 11.0. The maximum atomic E-state index is 14.1. The molecule has 2 rings (SSSR count). The third-order valence-electron chi connectivity index (χ3n) is 3.07. The van der Waals surface area contributed by atoms with Gasteiger partial charge in [0.1, 0.15) is 22.9 Å². The molecule has 0 aliphatic carbocycles. The van der Waals surface area contributed by atoms with Crippen molar-refractivity contribution < 1.29 is 18.3 Å². The van der Waals surface area contributed by atoms with Crippen LogP contribution in [0.3, 0.4) is 0 Å². The normalized spacial score (nSPS) is 11.0. The van der Waals surface area contributed by atoms with Gasteiger partial charge in [-0.3, -0.25) is 4.79 Å². The summed E-state index contributed by atoms with van der Waals surface area (Å²) in [5.41, 5.74) is -0.782. The lowest BCUT2D eigenvalue weighted by molar-refractivity contribution is 0.0524. The SMILES string of the molecule is CCOC(=O)c1cn(CCF)c2nc(SCC)c(F)cc2c1=O. The standard InChI is InChI=1S/C15H16F2N2O3S/c1-3-22-15(21)10-8-19(6-5-16)13-9(12(10)20)7-11(17)14(18-13)23-4-2/h7-8H,3-6H2,1-2H3. The van der Waals surface area contributed by atoms with Crippen molar-refractivity contribution in [2.75, 3.05) is 19.0 Å². The molecule has 23 heavy (non-hydrogen) atoms. The van der Waals surface area contributed by atoms with Crippen LogP contribution < -0.4 is 5.43 Å². The zero-order valence-electron chi connectivity index (χ0n) is 12.8. The predicted octanol–water partition coefficient (Wildman–Crippen LogP) is 2.79. The van der Waals surface area contributed by atoms with Gasteiger partial charge in [-0.2, -0.15) is 0 Å². The second-order valence-corrected chi connectivity index (χ2v) is 5.81. The number of carbonyl (C=O) groups excluding carboxylic acids is 1. The molecule has 0 aromatic carbocycles. The Morgan fingerprint density at radius 2 is 2.17 bits per heavy atom. The Hall–Kier alpha value is -1.96. The van der Waals surface area contributed by atoms with Crippen LogP contribution in [0.25, 0.3) is 11.0 Å². The molecule has 0 aliphatic rings. The first kappa shape index (κ1) is 17.4. The number of hydrogen-bond donors (Lipinski definition) is 0. The van der Waals surface area contributed by atoms with Crippen molar-refractivity contribution in [2.45, 2.75) is 25.4 Å². The Morgan fingerprint density at radius 3 is 2.78 bits per heavy atom. The smallest absolute Gasteiger partial charge is 0.343 e. The lowest BCUT2D eigenvalue weighted by Gasteiger charge is -2.12. The molecule has 0 spiro atoms. The molecule has 0 aliphatic heterocycles. The van der Waals surface area contributed by atoms with Crippen LogP contribution in [0.4, 0.5) is 8.78 Å². The monoisotopic (exact) mass is 342 g/mol. The number of nitrogens with zero attached hydrogens (tertiary/aromatic N) is 2. The van der Waals surface area contributed by atoms with Crippen molar-refractivity contribution in [3.63, 3.8) is 0 Å². The van der Waals surface area contributed by atoms with Crippen LogP contribution in [0.5, 0.6) is 0 Å². The van der Waals surface area contributed by atoms with Crippen LogP contribution in [0.2, 0.25) is 0 Å². The minimum absolute atomic E-state index is 0.0676. The first-order valence-electron chi connectivity index (χ1n) is 7.13. The molecule has 2 aromatic rings. The molecule has 0 saturated heterocycles. The summed E-state index contributed by atoms with van der Waals surface area (Å²) in [6, 6.07) is 1.04. The minimum atomic E-state index is -0.820. The van der Waals surface area contributed by atoms with E-state index in [4.69, 9.17) is 4.74 Å². The van der Waals surface area contributed by atoms with Gasteiger partial charge in [-0.15, -0.1) is 11.8 Å². The van der Waals surface area contributed by atoms with E-state index in [9.17, 15) is 18.4 Å². The molecule has 0 saturated carbocycles. The van der Waals surface area contributed by atoms with Crippen LogP contribution in [0.1, 0.15) is 24.2 Å². The number of thioether (sulfide) groups is 1. The second kappa shape index (κ2) is 7.54. The summed E-state index contributed by atoms with van der Waals surface area (Å²) >= 11 is 1.18. The number of esters is 1. The first-order valence-corrected chi connectivity index (χ1v) is 8.11. The summed E-state index contributed by atoms with van der Waals surface area (Å²) < 4.78 is 33.0. The van der Waals surface area contributed by atoms with E-state index in [-0.39, 0.29) is 34.8 Å². The van der Waals surface area contributed by atoms with E-state index in [0.717, 1.165) is 6.07 Å². The van der Waals surface area contributed by atoms with Crippen molar-refractivity contribution in [1.29, 1.82) is 0 Å². The van der Waals surface area contributed by atoms with Gasteiger partial charge in [0.2, 0.25) is 5.43 Å². The van der Waals surface area contributed by atoms with Crippen molar-refractivity contribution in [1.82, 2.24) is 9.55 Å². The van der Waals surface area contributed by atoms with Gasteiger partial charge in [0.15, 0.2) is 5.82 Å². The summed E-state index contributed by atoms with van der Waals surface area (Å²) in [5, 5.41) is 0.0675. The van der Waals surface area contributed by atoms with Gasteiger partial charge in [0.05, 0.1) is 18.5 Å². The van der Waals surface area contributed by atoms with E-state index in [1.54, 1.807) is 6.92 Å². The quantitative estimate of drug-likeness (QED) is 0.597. The van der Waals surface area contributed by atoms with E-state index in [0.29, 0.717) is 5.75 Å². The fourth-order valence-electron chi connectivity index (χ4n) is 2.12. The van der Waals surface area contributed by atoms with Gasteiger partial charge in [-0.1, -0.05) is 6.92 Å². The van der Waals surface area contributed by atoms with Crippen molar-refractivity contribution in [2.24, 2.45) is 0 Å². The molecule has 0 fully saturated rings. The molecule has 0 amide bonds. The lowest BCUT2D eigenvalue weighted by Crippen LogP contribution is -2.22. The lowest BCUT2D eigenvalue weighted by atomic mass is 10.2. The van der Waals surface area contributed by atoms with Crippen molar-refractivity contribution in [3.8, 4) is 0 Å². The number of hydrogen-bond acceptors (Lipinski definition) is 5. The zero-order chi connectivity index (χ0) is 17.0. The number of rotatable bonds is 6. The molecule has 0 bridgehead atoms. The number of aromatic nitrogens is 2. The molecule has 0 atom stereocenters. The van der Waals surface area contributed by atoms with Crippen molar-refractivity contribution in [3.05, 3.63) is 33.9 Å². The Labute approximate surface area is 135 Å². The second-order valence-electron chi connectivity index (χ2n) is 4.55. The van der Waals surface area contributed by atoms with E-state index >= 15 is 0 Å². The molecule has 2 aromatic heterocycles. The highest BCUT2D eigenvalue weighted by atomic mass is 32.2. The average molecular weight is 342 g/mol. The molecule has 0 N–H and O–H groups in total. The fraction of sp³-hybridized carbons (Fsp3) is 0.400. The van der Waals surface area contributed by atoms with Gasteiger partial charge in [-0.05, 0) is 18.7 Å². The molecule has 8 heteroatoms. The third kappa shape index (κ3) is 3.52. The number of aryl methyl sites for hydroxylation is 1. The van der Waals surface area contributed by atoms with E-state index in [1.807, 2.05) is 6.92 Å². The number of fused-ring (bicyclic) bond motifs is 1. The average Bonchev–Trinajstić information content (AvgIpc) is 2.52. The predicted molar refractivity (Wildman–Crippen MR) is 84.3 cm³/mol. The van der Waals surface area contributed by atoms with Crippen LogP contribution in [0, 0.1) is 5.82 Å². The Kier molecular flexibility index (Phi) is 5.70. The summed E-state index contributed by atoms with van der Waals surface area (Å²) in [6.45, 7) is 2.73. The summed E-state index contributed by atoms with van der Waals surface area (Å²) in [4.78, 5) is 28.4. The summed E-state index contributed by atoms with van der Waals surface area (Å²) in [7, 11) is 0. The number of halogens is 2. The molecule has 5 nitrogen and oxygen atoms in total. The molecule has 124 valence electrons. The Bertz CT molecular complexity index is 792. The highest BCUT2D eigenvalue weighted by molar-refractivity contribution is 7.99. The van der Waals surface area contributed by atoms with Gasteiger partial charge in [0, 0.05) is 6.20 Å². The number of pyridine rings is 2. The van der Waals surface area contributed by atoms with Gasteiger partial charge < -0.3 is 9.30 Å². The van der Waals surface area contributed by atoms with Crippen LogP contribution >= 0.6 is 11.8 Å². The third-order valence-corrected chi connectivity index (χ3v) is 3.92. The molecule has 0 radical (unpaired) electrons. The largest absolute Gasteiger partial charge is 0.462 e. The zero-order valence-corrected chi connectivity index (χ0v) is 13.6. The van der Waals surface area contributed by atoms with Crippen LogP contribution in [0.15, 0.2) is 22.1 Å². The number of carbonyl (C=O) groups is 1. The molecule has 0 unspecified atom stereocenters. The summed E-state index contributed by atoms with van der Waals surface area (Å²) in [5.74, 6) is -0.863. The van der Waals surface area contributed by atoms with Crippen LogP contribution in [-0.2, 0) is 11.3 Å². The fourth-order valence-corrected chi connectivity index (χ4v) is 2.74. The van der Waals surface area contributed by atoms with Gasteiger partial charge in [-0.25, -0.2) is 18.6 Å². The Morgan fingerprint density at radius 1 is 1.43 bits per heavy atom. The maximum Gasteiger partial charge on any atom is 0.343 e. The minimum Gasteiger partial charge on any atom is -0.462 e. The van der Waals surface area contributed by atoms with Gasteiger partial charge in [0.25, 0.3) is 0 Å². The van der Waals surface area contributed by atoms with E-state index in [1.165, 1.54) is 22.5 Å². The van der Waals surface area contributed by atoms with E-state index in [2.05, 4.69) is 4.98 Å². The highest BCUT2D eigenvalue weighted by Crippen LogP contribution is 2.22. The molecular weight excluding hydrogens is 326 g/mol. The van der Waals surface area contributed by atoms with E-state index < -0.39 is 23.9 Å². The highest BCUT2D eigenvalue weighted by Gasteiger charge is 2.19. The van der Waals surface area contributed by atoms with Crippen molar-refractivity contribution >= 4 is 28.8 Å². The summed E-state index contributed by atoms with van der Waals surface area (Å²) in [6.07, 6.45) is 1.22. The maximum absolute atomic E-state index is 14.1. The topological polar surface area (TPSA) is 61.2 Å².